The maximum absolute atomic E-state index is 12.9. The molecule has 8 rings (SSSR count). The maximum Gasteiger partial charge on any atom is 0.199 e. The van der Waals surface area contributed by atoms with Crippen LogP contribution in [0, 0.1) is 0 Å². The summed E-state index contributed by atoms with van der Waals surface area (Å²) in [6.45, 7) is 3.08. The minimum atomic E-state index is -1.44. The highest BCUT2D eigenvalue weighted by Crippen LogP contribution is 2.40. The predicted molar refractivity (Wildman–Crippen MR) is 231 cm³/mol. The highest BCUT2D eigenvalue weighted by molar-refractivity contribution is 5.51. The Labute approximate surface area is 353 Å². The number of aryl methyl sites for hydroxylation is 2. The quantitative estimate of drug-likeness (QED) is 0.122. The van der Waals surface area contributed by atoms with E-state index in [1.807, 2.05) is 97.9 Å². The third-order valence-corrected chi connectivity index (χ3v) is 12.1. The summed E-state index contributed by atoms with van der Waals surface area (Å²) >= 11 is 0. The van der Waals surface area contributed by atoms with Crippen molar-refractivity contribution in [3.8, 4) is 11.8 Å². The van der Waals surface area contributed by atoms with Crippen LogP contribution in [0.2, 0.25) is 0 Å². The van der Waals surface area contributed by atoms with E-state index < -0.39 is 12.2 Å². The Morgan fingerprint density at radius 1 is 0.617 bits per heavy atom. The highest BCUT2D eigenvalue weighted by Gasteiger charge is 2.36. The van der Waals surface area contributed by atoms with Crippen LogP contribution in [0.15, 0.2) is 73.1 Å². The molecule has 6 aromatic heterocycles. The lowest BCUT2D eigenvalue weighted by molar-refractivity contribution is 0.00809. The van der Waals surface area contributed by atoms with Crippen LogP contribution >= 0.6 is 0 Å². The van der Waals surface area contributed by atoms with Gasteiger partial charge in [0.15, 0.2) is 11.8 Å². The van der Waals surface area contributed by atoms with Crippen LogP contribution in [0.5, 0.6) is 11.8 Å². The van der Waals surface area contributed by atoms with Gasteiger partial charge in [0.05, 0.1) is 46.2 Å². The number of ether oxygens (including phenoxy) is 2. The molecule has 60 heavy (non-hydrogen) atoms. The lowest BCUT2D eigenvalue weighted by Gasteiger charge is -2.32. The lowest BCUT2D eigenvalue weighted by Crippen LogP contribution is -2.30. The van der Waals surface area contributed by atoms with Crippen LogP contribution in [0.1, 0.15) is 95.3 Å². The van der Waals surface area contributed by atoms with Crippen molar-refractivity contribution in [3.05, 3.63) is 118 Å². The number of imidazole rings is 2. The molecule has 14 heteroatoms. The SMILES string of the molecule is CN(C)CCOc1cccc2nc(CN(C)[C@H]3CCCc4cccnc43)c(C(O)C(O)c3c(CN(C)[C@H]4CCCc5cccnc54)nc4cccc(OCCN(C)C)n34)n12. The molecule has 0 saturated carbocycles. The zero-order valence-electron chi connectivity index (χ0n) is 35.9. The molecule has 4 atom stereocenters. The van der Waals surface area contributed by atoms with Gasteiger partial charge in [-0.1, -0.05) is 24.3 Å². The fourth-order valence-corrected chi connectivity index (χ4v) is 9.01. The van der Waals surface area contributed by atoms with Gasteiger partial charge in [-0.15, -0.1) is 0 Å². The number of fused-ring (bicyclic) bond motifs is 4. The fourth-order valence-electron chi connectivity index (χ4n) is 9.01. The van der Waals surface area contributed by atoms with Gasteiger partial charge in [0.25, 0.3) is 0 Å². The number of hydrogen-bond donors (Lipinski definition) is 2. The molecule has 0 amide bonds. The zero-order chi connectivity index (χ0) is 41.9. The summed E-state index contributed by atoms with van der Waals surface area (Å²) in [5.41, 5.74) is 8.18. The van der Waals surface area contributed by atoms with E-state index in [1.165, 1.54) is 11.1 Å². The number of aliphatic hydroxyl groups excluding tert-OH is 2. The van der Waals surface area contributed by atoms with Gasteiger partial charge in [-0.05, 0) is 128 Å². The molecule has 2 unspecified atom stereocenters. The zero-order valence-corrected chi connectivity index (χ0v) is 35.9. The second-order valence-corrected chi connectivity index (χ2v) is 16.9. The molecule has 0 spiro atoms. The van der Waals surface area contributed by atoms with Crippen molar-refractivity contribution < 1.29 is 19.7 Å². The molecule has 0 aromatic carbocycles. The Morgan fingerprint density at radius 3 is 1.47 bits per heavy atom. The van der Waals surface area contributed by atoms with E-state index >= 15 is 0 Å². The first kappa shape index (κ1) is 41.8. The summed E-state index contributed by atoms with van der Waals surface area (Å²) in [4.78, 5) is 28.6. The largest absolute Gasteiger partial charge is 0.477 e. The topological polar surface area (TPSA) is 132 Å². The molecule has 0 radical (unpaired) electrons. The van der Waals surface area contributed by atoms with Crippen molar-refractivity contribution in [2.45, 2.75) is 75.9 Å². The first-order chi connectivity index (χ1) is 29.1. The second kappa shape index (κ2) is 18.3. The molecular weight excluding hydrogens is 757 g/mol. The summed E-state index contributed by atoms with van der Waals surface area (Å²) in [6, 6.07) is 20.0. The van der Waals surface area contributed by atoms with Crippen molar-refractivity contribution in [1.29, 1.82) is 0 Å². The first-order valence-electron chi connectivity index (χ1n) is 21.3. The summed E-state index contributed by atoms with van der Waals surface area (Å²) < 4.78 is 16.6. The Balaban J connectivity index is 1.22. The Morgan fingerprint density at radius 2 is 1.05 bits per heavy atom. The van der Waals surface area contributed by atoms with Gasteiger partial charge >= 0.3 is 0 Å². The van der Waals surface area contributed by atoms with Crippen LogP contribution in [0.3, 0.4) is 0 Å². The van der Waals surface area contributed by atoms with Crippen molar-refractivity contribution in [2.24, 2.45) is 0 Å². The number of pyridine rings is 4. The number of aliphatic hydroxyl groups is 2. The van der Waals surface area contributed by atoms with E-state index in [-0.39, 0.29) is 12.1 Å². The van der Waals surface area contributed by atoms with Crippen molar-refractivity contribution in [2.75, 3.05) is 68.6 Å². The summed E-state index contributed by atoms with van der Waals surface area (Å²) in [5.74, 6) is 1.08. The summed E-state index contributed by atoms with van der Waals surface area (Å²) in [6.07, 6.45) is 6.92. The number of nitrogens with zero attached hydrogens (tertiary/aromatic N) is 10. The third kappa shape index (κ3) is 8.63. The van der Waals surface area contributed by atoms with E-state index in [4.69, 9.17) is 29.4 Å². The Hall–Kier alpha value is -4.96. The smallest absolute Gasteiger partial charge is 0.199 e. The average Bonchev–Trinajstić information content (AvgIpc) is 3.80. The molecule has 6 heterocycles. The Bertz CT molecular complexity index is 2230. The molecule has 318 valence electrons. The summed E-state index contributed by atoms with van der Waals surface area (Å²) in [7, 11) is 12.2. The number of aromatic nitrogens is 6. The number of likely N-dealkylation sites (N-methyl/N-ethyl adjacent to an activating group) is 2. The molecule has 0 bridgehead atoms. The standard InChI is InChI=1S/C46H60N10O4/c1-51(2)25-27-59-39-21-9-19-37-49-33(29-53(5)35-17-7-13-31-15-11-23-47-41(31)35)43(55(37)39)45(57)46(58)44-34(30-54(6)36-18-8-14-32-16-12-24-48-42(32)36)50-38-20-10-22-40(56(38)44)60-28-26-52(3)4/h9-12,15-16,19-24,35-36,45-46,57-58H,7-8,13-14,17-18,25-30H2,1-6H3/t35-,36-,45?,46?/m0/s1. The molecule has 6 aromatic rings. The van der Waals surface area contributed by atoms with E-state index in [9.17, 15) is 10.2 Å². The molecule has 0 aliphatic heterocycles. The normalized spacial score (nSPS) is 17.8. The van der Waals surface area contributed by atoms with E-state index in [0.717, 1.165) is 49.9 Å². The van der Waals surface area contributed by atoms with Gasteiger partial charge in [0, 0.05) is 38.6 Å². The van der Waals surface area contributed by atoms with Crippen molar-refractivity contribution >= 4 is 11.3 Å². The van der Waals surface area contributed by atoms with Gasteiger partial charge in [0.1, 0.15) is 36.7 Å². The lowest BCUT2D eigenvalue weighted by atomic mass is 9.91. The van der Waals surface area contributed by atoms with Crippen LogP contribution in [-0.4, -0.2) is 127 Å². The Kier molecular flexibility index (Phi) is 12.8. The van der Waals surface area contributed by atoms with Crippen LogP contribution < -0.4 is 9.47 Å². The van der Waals surface area contributed by atoms with Crippen molar-refractivity contribution in [3.63, 3.8) is 0 Å². The summed E-state index contributed by atoms with van der Waals surface area (Å²) in [5, 5.41) is 25.7. The first-order valence-corrected chi connectivity index (χ1v) is 21.3. The number of rotatable bonds is 17. The van der Waals surface area contributed by atoms with Gasteiger partial charge in [-0.3, -0.25) is 28.6 Å². The average molecular weight is 817 g/mol. The van der Waals surface area contributed by atoms with Crippen LogP contribution in [0.4, 0.5) is 0 Å². The number of hydrogen-bond acceptors (Lipinski definition) is 12. The van der Waals surface area contributed by atoms with E-state index in [0.29, 0.717) is 85.2 Å². The maximum atomic E-state index is 12.9. The van der Waals surface area contributed by atoms with Crippen LogP contribution in [0.25, 0.3) is 11.3 Å². The molecule has 0 fully saturated rings. The van der Waals surface area contributed by atoms with Gasteiger partial charge < -0.3 is 29.5 Å². The molecule has 2 N–H and O–H groups in total. The minimum Gasteiger partial charge on any atom is -0.477 e. The van der Waals surface area contributed by atoms with Gasteiger partial charge in [0.2, 0.25) is 0 Å². The van der Waals surface area contributed by atoms with E-state index in [1.54, 1.807) is 0 Å². The minimum absolute atomic E-state index is 0.0766. The molecule has 2 aliphatic carbocycles. The highest BCUT2D eigenvalue weighted by atomic mass is 16.5. The van der Waals surface area contributed by atoms with Crippen LogP contribution in [-0.2, 0) is 25.9 Å². The fraction of sp³-hybridized carbons (Fsp3) is 0.478. The molecule has 2 aliphatic rings. The van der Waals surface area contributed by atoms with Gasteiger partial charge in [-0.2, -0.15) is 0 Å². The third-order valence-electron chi connectivity index (χ3n) is 12.1. The molecular formula is C46H60N10O4. The molecule has 14 nitrogen and oxygen atoms in total. The monoisotopic (exact) mass is 816 g/mol. The predicted octanol–water partition coefficient (Wildman–Crippen LogP) is 5.44. The second-order valence-electron chi connectivity index (χ2n) is 16.9. The van der Waals surface area contributed by atoms with Crippen molar-refractivity contribution in [1.82, 2.24) is 48.3 Å². The van der Waals surface area contributed by atoms with Gasteiger partial charge in [-0.25, -0.2) is 9.97 Å². The molecule has 0 saturated heterocycles. The van der Waals surface area contributed by atoms with E-state index in [2.05, 4.69) is 45.8 Å².